The molecule has 0 aromatic heterocycles. The van der Waals surface area contributed by atoms with Crippen LogP contribution < -0.4 is 10.5 Å². The number of benzene rings is 1. The molecule has 1 aromatic rings. The van der Waals surface area contributed by atoms with Crippen molar-refractivity contribution in [1.29, 1.82) is 0 Å². The van der Waals surface area contributed by atoms with Crippen LogP contribution in [-0.2, 0) is 11.8 Å². The molecule has 1 atom stereocenters. The van der Waals surface area contributed by atoms with Crippen molar-refractivity contribution >= 4 is 0 Å². The van der Waals surface area contributed by atoms with E-state index in [0.29, 0.717) is 0 Å². The summed E-state index contributed by atoms with van der Waals surface area (Å²) in [6.45, 7) is 10.8. The van der Waals surface area contributed by atoms with Crippen LogP contribution in [0, 0.1) is 6.92 Å². The van der Waals surface area contributed by atoms with Gasteiger partial charge in [-0.05, 0) is 42.4 Å². The Kier molecular flexibility index (Phi) is 4.21. The molecule has 0 amide bonds. The summed E-state index contributed by atoms with van der Waals surface area (Å²) in [6.07, 6.45) is 0.855. The Hall–Kier alpha value is -1.02. The summed E-state index contributed by atoms with van der Waals surface area (Å²) in [5, 5.41) is 0. The monoisotopic (exact) mass is 235 g/mol. The topological polar surface area (TPSA) is 35.2 Å². The molecule has 0 radical (unpaired) electrons. The van der Waals surface area contributed by atoms with Crippen LogP contribution in [0.2, 0.25) is 0 Å². The number of nitrogens with two attached hydrogens (primary N) is 1. The Morgan fingerprint density at radius 2 is 1.88 bits per heavy atom. The van der Waals surface area contributed by atoms with E-state index < -0.39 is 0 Å². The first kappa shape index (κ1) is 14.0. The third-order valence-corrected chi connectivity index (χ3v) is 2.96. The minimum atomic E-state index is 0.151. The maximum absolute atomic E-state index is 5.90. The van der Waals surface area contributed by atoms with Gasteiger partial charge in [-0.15, -0.1) is 0 Å². The van der Waals surface area contributed by atoms with E-state index >= 15 is 0 Å². The zero-order valence-electron chi connectivity index (χ0n) is 11.9. The van der Waals surface area contributed by atoms with E-state index in [1.807, 2.05) is 6.92 Å². The number of hydrogen-bond donors (Lipinski definition) is 1. The van der Waals surface area contributed by atoms with Gasteiger partial charge in [0.1, 0.15) is 5.75 Å². The van der Waals surface area contributed by atoms with E-state index in [9.17, 15) is 0 Å². The molecule has 0 bridgehead atoms. The molecular weight excluding hydrogens is 210 g/mol. The molecule has 2 N–H and O–H groups in total. The largest absolute Gasteiger partial charge is 0.496 e. The highest BCUT2D eigenvalue weighted by atomic mass is 16.5. The third-order valence-electron chi connectivity index (χ3n) is 2.96. The van der Waals surface area contributed by atoms with Crippen molar-refractivity contribution < 1.29 is 4.74 Å². The molecule has 0 saturated heterocycles. The van der Waals surface area contributed by atoms with Gasteiger partial charge in [-0.1, -0.05) is 32.9 Å². The predicted molar refractivity (Wildman–Crippen MR) is 73.8 cm³/mol. The van der Waals surface area contributed by atoms with Crippen molar-refractivity contribution in [3.63, 3.8) is 0 Å². The highest BCUT2D eigenvalue weighted by molar-refractivity contribution is 5.46. The van der Waals surface area contributed by atoms with Gasteiger partial charge >= 0.3 is 0 Å². The molecule has 0 spiro atoms. The summed E-state index contributed by atoms with van der Waals surface area (Å²) < 4.78 is 5.49. The lowest BCUT2D eigenvalue weighted by molar-refractivity contribution is 0.404. The average Bonchev–Trinajstić information content (AvgIpc) is 2.14. The molecule has 0 aliphatic heterocycles. The smallest absolute Gasteiger partial charge is 0.125 e. The standard InChI is InChI=1S/C15H25NO/c1-10-7-13(15(3,4)5)9-12(8-11(2)16)14(10)17-6/h7,9,11H,8,16H2,1-6H3. The predicted octanol–water partition coefficient (Wildman–Crippen LogP) is 3.19. The molecule has 1 unspecified atom stereocenters. The first-order chi connectivity index (χ1) is 7.75. The van der Waals surface area contributed by atoms with E-state index in [0.717, 1.165) is 12.2 Å². The number of rotatable bonds is 3. The quantitative estimate of drug-likeness (QED) is 0.873. The fourth-order valence-corrected chi connectivity index (χ4v) is 2.07. The van der Waals surface area contributed by atoms with Gasteiger partial charge in [0.25, 0.3) is 0 Å². The van der Waals surface area contributed by atoms with Gasteiger partial charge in [0.05, 0.1) is 7.11 Å². The van der Waals surface area contributed by atoms with Gasteiger partial charge in [-0.3, -0.25) is 0 Å². The zero-order chi connectivity index (χ0) is 13.2. The normalized spacial score (nSPS) is 13.6. The Balaban J connectivity index is 3.28. The summed E-state index contributed by atoms with van der Waals surface area (Å²) in [7, 11) is 1.73. The summed E-state index contributed by atoms with van der Waals surface area (Å²) in [6, 6.07) is 4.59. The van der Waals surface area contributed by atoms with Crippen molar-refractivity contribution in [2.24, 2.45) is 5.73 Å². The maximum Gasteiger partial charge on any atom is 0.125 e. The van der Waals surface area contributed by atoms with Gasteiger partial charge in [0.2, 0.25) is 0 Å². The SMILES string of the molecule is COc1c(C)cc(C(C)(C)C)cc1CC(C)N. The second-order valence-corrected chi connectivity index (χ2v) is 5.92. The Morgan fingerprint density at radius 1 is 1.29 bits per heavy atom. The summed E-state index contributed by atoms with van der Waals surface area (Å²) in [5.74, 6) is 0.982. The van der Waals surface area contributed by atoms with Crippen molar-refractivity contribution in [1.82, 2.24) is 0 Å². The lowest BCUT2D eigenvalue weighted by Crippen LogP contribution is -2.19. The molecule has 0 heterocycles. The van der Waals surface area contributed by atoms with Crippen molar-refractivity contribution in [2.45, 2.75) is 52.5 Å². The summed E-state index contributed by atoms with van der Waals surface area (Å²) >= 11 is 0. The third kappa shape index (κ3) is 3.47. The lowest BCUT2D eigenvalue weighted by atomic mass is 9.84. The Labute approximate surface area is 105 Å². The van der Waals surface area contributed by atoms with Crippen LogP contribution in [0.1, 0.15) is 44.4 Å². The molecule has 0 fully saturated rings. The molecule has 0 aliphatic carbocycles. The number of hydrogen-bond acceptors (Lipinski definition) is 2. The van der Waals surface area contributed by atoms with Crippen LogP contribution in [-0.4, -0.2) is 13.2 Å². The Morgan fingerprint density at radius 3 is 2.29 bits per heavy atom. The van der Waals surface area contributed by atoms with Crippen LogP contribution in [0.25, 0.3) is 0 Å². The van der Waals surface area contributed by atoms with Crippen LogP contribution in [0.4, 0.5) is 0 Å². The molecular formula is C15H25NO. The van der Waals surface area contributed by atoms with E-state index in [-0.39, 0.29) is 11.5 Å². The van der Waals surface area contributed by atoms with Crippen molar-refractivity contribution in [2.75, 3.05) is 7.11 Å². The molecule has 0 aliphatic rings. The molecule has 0 saturated carbocycles. The molecule has 2 nitrogen and oxygen atoms in total. The highest BCUT2D eigenvalue weighted by Crippen LogP contribution is 2.31. The van der Waals surface area contributed by atoms with E-state index in [1.54, 1.807) is 7.11 Å². The van der Waals surface area contributed by atoms with E-state index in [1.165, 1.54) is 16.7 Å². The van der Waals surface area contributed by atoms with Gasteiger partial charge in [0.15, 0.2) is 0 Å². The maximum atomic E-state index is 5.90. The minimum Gasteiger partial charge on any atom is -0.496 e. The van der Waals surface area contributed by atoms with Crippen LogP contribution >= 0.6 is 0 Å². The summed E-state index contributed by atoms with van der Waals surface area (Å²) in [4.78, 5) is 0. The summed E-state index contributed by atoms with van der Waals surface area (Å²) in [5.41, 5.74) is 9.80. The van der Waals surface area contributed by atoms with Crippen LogP contribution in [0.15, 0.2) is 12.1 Å². The van der Waals surface area contributed by atoms with Crippen LogP contribution in [0.5, 0.6) is 5.75 Å². The number of aryl methyl sites for hydroxylation is 1. The number of methoxy groups -OCH3 is 1. The average molecular weight is 235 g/mol. The Bertz CT molecular complexity index is 389. The fourth-order valence-electron chi connectivity index (χ4n) is 2.07. The van der Waals surface area contributed by atoms with Gasteiger partial charge in [0, 0.05) is 6.04 Å². The first-order valence-electron chi connectivity index (χ1n) is 6.19. The first-order valence-corrected chi connectivity index (χ1v) is 6.19. The second kappa shape index (κ2) is 5.09. The van der Waals surface area contributed by atoms with E-state index in [4.69, 9.17) is 10.5 Å². The van der Waals surface area contributed by atoms with E-state index in [2.05, 4.69) is 39.8 Å². The fraction of sp³-hybridized carbons (Fsp3) is 0.600. The molecule has 1 rings (SSSR count). The highest BCUT2D eigenvalue weighted by Gasteiger charge is 2.18. The number of ether oxygens (including phenoxy) is 1. The molecule has 96 valence electrons. The minimum absolute atomic E-state index is 0.151. The lowest BCUT2D eigenvalue weighted by Gasteiger charge is -2.23. The van der Waals surface area contributed by atoms with Crippen molar-refractivity contribution in [3.05, 3.63) is 28.8 Å². The molecule has 2 heteroatoms. The zero-order valence-corrected chi connectivity index (χ0v) is 11.9. The van der Waals surface area contributed by atoms with Crippen molar-refractivity contribution in [3.8, 4) is 5.75 Å². The van der Waals surface area contributed by atoms with Crippen LogP contribution in [0.3, 0.4) is 0 Å². The van der Waals surface area contributed by atoms with Gasteiger partial charge < -0.3 is 10.5 Å². The van der Waals surface area contributed by atoms with Gasteiger partial charge in [-0.25, -0.2) is 0 Å². The van der Waals surface area contributed by atoms with Gasteiger partial charge in [-0.2, -0.15) is 0 Å². The molecule has 17 heavy (non-hydrogen) atoms. The molecule has 1 aromatic carbocycles. The second-order valence-electron chi connectivity index (χ2n) is 5.92.